The monoisotopic (exact) mass is 295 g/mol. The maximum atomic E-state index is 12.2. The molecule has 0 saturated carbocycles. The molecule has 0 atom stereocenters. The Morgan fingerprint density at radius 3 is 2.86 bits per heavy atom. The molecule has 2 rings (SSSR count). The van der Waals surface area contributed by atoms with Crippen molar-refractivity contribution in [2.45, 2.75) is 25.9 Å². The molecule has 0 aromatic carbocycles. The molecule has 21 heavy (non-hydrogen) atoms. The Morgan fingerprint density at radius 2 is 2.19 bits per heavy atom. The van der Waals surface area contributed by atoms with E-state index in [0.717, 1.165) is 0 Å². The van der Waals surface area contributed by atoms with Crippen LogP contribution in [0.15, 0.2) is 22.8 Å². The van der Waals surface area contributed by atoms with Crippen LogP contribution >= 0.6 is 0 Å². The van der Waals surface area contributed by atoms with Gasteiger partial charge >= 0.3 is 6.03 Å². The highest BCUT2D eigenvalue weighted by Crippen LogP contribution is 2.18. The number of furan rings is 1. The number of hydrogen-bond donors (Lipinski definition) is 2. The largest absolute Gasteiger partial charge is 0.467 e. The Hall–Kier alpha value is -2.02. The zero-order chi connectivity index (χ0) is 15.3. The second kappa shape index (κ2) is 6.62. The van der Waals surface area contributed by atoms with Gasteiger partial charge in [0, 0.05) is 6.54 Å². The number of hydrogen-bond acceptors (Lipinski definition) is 4. The van der Waals surface area contributed by atoms with Crippen LogP contribution in [0.1, 0.15) is 19.6 Å². The molecule has 0 unspecified atom stereocenters. The highest BCUT2D eigenvalue weighted by molar-refractivity contribution is 5.84. The molecule has 1 aliphatic heterocycles. The predicted octanol–water partition coefficient (Wildman–Crippen LogP) is 0.716. The summed E-state index contributed by atoms with van der Waals surface area (Å²) in [6, 6.07) is 3.12. The first-order chi connectivity index (χ1) is 9.99. The number of carbonyl (C=O) groups excluding carboxylic acids is 2. The number of nitrogens with one attached hydrogen (secondary N) is 2. The summed E-state index contributed by atoms with van der Waals surface area (Å²) < 4.78 is 10.5. The number of ether oxygens (including phenoxy) is 1. The van der Waals surface area contributed by atoms with Gasteiger partial charge in [0.05, 0.1) is 38.1 Å². The fraction of sp³-hybridized carbons (Fsp3) is 0.571. The van der Waals surface area contributed by atoms with Gasteiger partial charge in [-0.3, -0.25) is 4.79 Å². The van der Waals surface area contributed by atoms with Crippen molar-refractivity contribution in [3.63, 3.8) is 0 Å². The van der Waals surface area contributed by atoms with Crippen molar-refractivity contribution in [1.82, 2.24) is 15.5 Å². The summed E-state index contributed by atoms with van der Waals surface area (Å²) in [7, 11) is 0. The topological polar surface area (TPSA) is 83.8 Å². The third kappa shape index (κ3) is 4.22. The fourth-order valence-electron chi connectivity index (χ4n) is 2.22. The minimum Gasteiger partial charge on any atom is -0.467 e. The molecule has 1 aromatic heterocycles. The number of nitrogens with zero attached hydrogens (tertiary/aromatic N) is 1. The van der Waals surface area contributed by atoms with E-state index in [-0.39, 0.29) is 24.5 Å². The maximum absolute atomic E-state index is 12.2. The van der Waals surface area contributed by atoms with E-state index in [1.165, 1.54) is 0 Å². The number of rotatable bonds is 4. The van der Waals surface area contributed by atoms with E-state index in [1.54, 1.807) is 23.3 Å². The van der Waals surface area contributed by atoms with E-state index in [4.69, 9.17) is 9.15 Å². The minimum atomic E-state index is -0.397. The molecule has 3 amide bonds. The summed E-state index contributed by atoms with van der Waals surface area (Å²) in [5, 5.41) is 5.18. The maximum Gasteiger partial charge on any atom is 0.315 e. The summed E-state index contributed by atoms with van der Waals surface area (Å²) in [6.45, 7) is 5.72. The van der Waals surface area contributed by atoms with E-state index in [0.29, 0.717) is 25.5 Å². The number of amides is 3. The summed E-state index contributed by atoms with van der Waals surface area (Å²) in [5.41, 5.74) is -0.346. The lowest BCUT2D eigenvalue weighted by Gasteiger charge is -2.42. The lowest BCUT2D eigenvalue weighted by Crippen LogP contribution is -2.57. The van der Waals surface area contributed by atoms with Crippen LogP contribution in [-0.4, -0.2) is 48.7 Å². The van der Waals surface area contributed by atoms with Crippen molar-refractivity contribution in [2.24, 2.45) is 0 Å². The van der Waals surface area contributed by atoms with Crippen molar-refractivity contribution in [2.75, 3.05) is 26.3 Å². The van der Waals surface area contributed by atoms with E-state index in [1.807, 2.05) is 13.8 Å². The van der Waals surface area contributed by atoms with Crippen molar-refractivity contribution < 1.29 is 18.7 Å². The molecule has 2 N–H and O–H groups in total. The first-order valence-electron chi connectivity index (χ1n) is 6.91. The van der Waals surface area contributed by atoms with Gasteiger partial charge in [-0.15, -0.1) is 0 Å². The van der Waals surface area contributed by atoms with Gasteiger partial charge in [0.1, 0.15) is 5.76 Å². The molecule has 2 heterocycles. The van der Waals surface area contributed by atoms with Crippen molar-refractivity contribution in [1.29, 1.82) is 0 Å². The summed E-state index contributed by atoms with van der Waals surface area (Å²) in [5.74, 6) is 0.544. The van der Waals surface area contributed by atoms with E-state index < -0.39 is 6.03 Å². The van der Waals surface area contributed by atoms with Crippen LogP contribution in [0.2, 0.25) is 0 Å². The Kier molecular flexibility index (Phi) is 4.85. The second-order valence-electron chi connectivity index (χ2n) is 5.53. The summed E-state index contributed by atoms with van der Waals surface area (Å²) in [4.78, 5) is 25.5. The van der Waals surface area contributed by atoms with E-state index in [2.05, 4.69) is 10.6 Å². The summed E-state index contributed by atoms with van der Waals surface area (Å²) in [6.07, 6.45) is 1.54. The molecule has 1 saturated heterocycles. The van der Waals surface area contributed by atoms with Gasteiger partial charge in [-0.1, -0.05) is 0 Å². The zero-order valence-electron chi connectivity index (χ0n) is 12.3. The van der Waals surface area contributed by atoms with Crippen molar-refractivity contribution in [3.05, 3.63) is 24.2 Å². The SMILES string of the molecule is CC1(C)COCCN1C(=O)CNC(=O)NCc1ccco1. The van der Waals surface area contributed by atoms with Gasteiger partial charge in [-0.2, -0.15) is 0 Å². The third-order valence-corrected chi connectivity index (χ3v) is 3.35. The van der Waals surface area contributed by atoms with Crippen LogP contribution in [0.25, 0.3) is 0 Å². The number of morpholine rings is 1. The van der Waals surface area contributed by atoms with Gasteiger partial charge < -0.3 is 24.7 Å². The first-order valence-corrected chi connectivity index (χ1v) is 6.91. The average molecular weight is 295 g/mol. The average Bonchev–Trinajstić information content (AvgIpc) is 2.95. The van der Waals surface area contributed by atoms with Gasteiger partial charge in [0.2, 0.25) is 5.91 Å². The lowest BCUT2D eigenvalue weighted by molar-refractivity contribution is -0.145. The van der Waals surface area contributed by atoms with E-state index >= 15 is 0 Å². The normalized spacial score (nSPS) is 17.3. The van der Waals surface area contributed by atoms with Crippen LogP contribution in [0.5, 0.6) is 0 Å². The van der Waals surface area contributed by atoms with Crippen LogP contribution in [-0.2, 0) is 16.1 Å². The zero-order valence-corrected chi connectivity index (χ0v) is 12.3. The predicted molar refractivity (Wildman–Crippen MR) is 75.6 cm³/mol. The highest BCUT2D eigenvalue weighted by atomic mass is 16.5. The van der Waals surface area contributed by atoms with Gasteiger partial charge in [-0.05, 0) is 26.0 Å². The molecule has 0 bridgehead atoms. The van der Waals surface area contributed by atoms with Crippen molar-refractivity contribution in [3.8, 4) is 0 Å². The Labute approximate surface area is 123 Å². The molecule has 1 aromatic rings. The molecule has 0 radical (unpaired) electrons. The van der Waals surface area contributed by atoms with E-state index in [9.17, 15) is 9.59 Å². The molecule has 7 nitrogen and oxygen atoms in total. The second-order valence-corrected chi connectivity index (χ2v) is 5.53. The molecular weight excluding hydrogens is 274 g/mol. The van der Waals surface area contributed by atoms with Gasteiger partial charge in [-0.25, -0.2) is 4.79 Å². The molecule has 1 aliphatic rings. The molecular formula is C14H21N3O4. The minimum absolute atomic E-state index is 0.0343. The smallest absolute Gasteiger partial charge is 0.315 e. The summed E-state index contributed by atoms with van der Waals surface area (Å²) >= 11 is 0. The van der Waals surface area contributed by atoms with Crippen LogP contribution in [0, 0.1) is 0 Å². The molecule has 116 valence electrons. The van der Waals surface area contributed by atoms with Gasteiger partial charge in [0.25, 0.3) is 0 Å². The Balaban J connectivity index is 1.74. The third-order valence-electron chi connectivity index (χ3n) is 3.35. The number of carbonyl (C=O) groups is 2. The van der Waals surface area contributed by atoms with Crippen LogP contribution in [0.3, 0.4) is 0 Å². The lowest BCUT2D eigenvalue weighted by atomic mass is 10.0. The van der Waals surface area contributed by atoms with Crippen molar-refractivity contribution >= 4 is 11.9 Å². The highest BCUT2D eigenvalue weighted by Gasteiger charge is 2.33. The van der Waals surface area contributed by atoms with Crippen LogP contribution in [0.4, 0.5) is 4.79 Å². The molecule has 7 heteroatoms. The Morgan fingerprint density at radius 1 is 1.38 bits per heavy atom. The van der Waals surface area contributed by atoms with Gasteiger partial charge in [0.15, 0.2) is 0 Å². The fourth-order valence-corrected chi connectivity index (χ4v) is 2.22. The number of urea groups is 1. The Bertz CT molecular complexity index is 484. The molecule has 1 fully saturated rings. The van der Waals surface area contributed by atoms with Crippen LogP contribution < -0.4 is 10.6 Å². The standard InChI is InChI=1S/C14H21N3O4/c1-14(2)10-20-7-5-17(14)12(18)9-16-13(19)15-8-11-4-3-6-21-11/h3-4,6H,5,7-10H2,1-2H3,(H2,15,16,19). The first kappa shape index (κ1) is 15.4. The molecule has 0 aliphatic carbocycles. The quantitative estimate of drug-likeness (QED) is 0.857. The molecule has 0 spiro atoms.